The molecule has 126 valence electrons. The molecule has 0 heterocycles. The minimum absolute atomic E-state index is 0.342. The number of amides is 1. The lowest BCUT2D eigenvalue weighted by Crippen LogP contribution is -2.44. The van der Waals surface area contributed by atoms with Gasteiger partial charge in [-0.3, -0.25) is 4.79 Å². The van der Waals surface area contributed by atoms with Gasteiger partial charge in [0.25, 0.3) is 5.91 Å². The highest BCUT2D eigenvalue weighted by Gasteiger charge is 2.29. The Kier molecular flexibility index (Phi) is 5.99. The van der Waals surface area contributed by atoms with Crippen LogP contribution >= 0.6 is 11.6 Å². The molecule has 5 heteroatoms. The molecule has 1 amide bonds. The quantitative estimate of drug-likeness (QED) is 0.630. The lowest BCUT2D eigenvalue weighted by atomic mass is 10.1. The SMILES string of the molecule is CCc1ccc(OC(C)(C)C(=O)N/N=C/c2ccccc2Cl)cc1. The standard InChI is InChI=1S/C19H21ClN2O2/c1-4-14-9-11-16(12-10-14)24-19(2,3)18(23)22-21-13-15-7-5-6-8-17(15)20/h5-13H,4H2,1-3H3,(H,22,23)/b21-13+. The van der Waals surface area contributed by atoms with E-state index in [0.29, 0.717) is 10.8 Å². The fourth-order valence-corrected chi connectivity index (χ4v) is 2.19. The van der Waals surface area contributed by atoms with Crippen molar-refractivity contribution in [1.82, 2.24) is 5.43 Å². The molecule has 4 nitrogen and oxygen atoms in total. The number of nitrogens with zero attached hydrogens (tertiary/aromatic N) is 1. The highest BCUT2D eigenvalue weighted by Crippen LogP contribution is 2.19. The molecule has 2 aromatic carbocycles. The molecule has 0 radical (unpaired) electrons. The molecule has 0 saturated carbocycles. The van der Waals surface area contributed by atoms with Crippen LogP contribution in [0.25, 0.3) is 0 Å². The van der Waals surface area contributed by atoms with Gasteiger partial charge in [-0.15, -0.1) is 0 Å². The fourth-order valence-electron chi connectivity index (χ4n) is 2.01. The fraction of sp³-hybridized carbons (Fsp3) is 0.263. The first kappa shape index (κ1) is 18.0. The Labute approximate surface area is 147 Å². The molecule has 24 heavy (non-hydrogen) atoms. The van der Waals surface area contributed by atoms with Crippen molar-refractivity contribution in [3.05, 3.63) is 64.7 Å². The van der Waals surface area contributed by atoms with E-state index in [1.54, 1.807) is 19.9 Å². The second-order valence-corrected chi connectivity index (χ2v) is 6.24. The predicted molar refractivity (Wildman–Crippen MR) is 97.7 cm³/mol. The van der Waals surface area contributed by atoms with Crippen molar-refractivity contribution < 1.29 is 9.53 Å². The first-order chi connectivity index (χ1) is 11.4. The summed E-state index contributed by atoms with van der Waals surface area (Å²) < 4.78 is 5.78. The van der Waals surface area contributed by atoms with Crippen LogP contribution in [0.3, 0.4) is 0 Å². The topological polar surface area (TPSA) is 50.7 Å². The normalized spacial score (nSPS) is 11.5. The maximum Gasteiger partial charge on any atom is 0.283 e. The highest BCUT2D eigenvalue weighted by molar-refractivity contribution is 6.33. The van der Waals surface area contributed by atoms with Gasteiger partial charge in [0, 0.05) is 10.6 Å². The van der Waals surface area contributed by atoms with E-state index in [1.807, 2.05) is 42.5 Å². The Morgan fingerprint density at radius 1 is 1.21 bits per heavy atom. The highest BCUT2D eigenvalue weighted by atomic mass is 35.5. The molecule has 0 atom stereocenters. The lowest BCUT2D eigenvalue weighted by Gasteiger charge is -2.24. The molecule has 2 rings (SSSR count). The number of aryl methyl sites for hydroxylation is 1. The van der Waals surface area contributed by atoms with Crippen LogP contribution in [0.4, 0.5) is 0 Å². The van der Waals surface area contributed by atoms with Crippen LogP contribution in [0.2, 0.25) is 5.02 Å². The molecule has 0 aliphatic carbocycles. The van der Waals surface area contributed by atoms with E-state index >= 15 is 0 Å². The third-order valence-corrected chi connectivity index (χ3v) is 3.87. The monoisotopic (exact) mass is 344 g/mol. The van der Waals surface area contributed by atoms with Crippen LogP contribution in [0.1, 0.15) is 31.9 Å². The molecular weight excluding hydrogens is 324 g/mol. The summed E-state index contributed by atoms with van der Waals surface area (Å²) in [6.07, 6.45) is 2.47. The molecule has 0 aliphatic heterocycles. The molecule has 0 saturated heterocycles. The number of benzene rings is 2. The Bertz CT molecular complexity index is 724. The molecule has 0 aliphatic rings. The first-order valence-electron chi connectivity index (χ1n) is 7.78. The maximum absolute atomic E-state index is 12.3. The molecule has 0 unspecified atom stereocenters. The van der Waals surface area contributed by atoms with Gasteiger partial charge < -0.3 is 4.74 Å². The van der Waals surface area contributed by atoms with Gasteiger partial charge in [-0.25, -0.2) is 5.43 Å². The van der Waals surface area contributed by atoms with Crippen molar-refractivity contribution in [1.29, 1.82) is 0 Å². The van der Waals surface area contributed by atoms with E-state index in [4.69, 9.17) is 16.3 Å². The van der Waals surface area contributed by atoms with Crippen LogP contribution in [0.15, 0.2) is 53.6 Å². The number of carbonyl (C=O) groups excluding carboxylic acids is 1. The number of hydrazone groups is 1. The summed E-state index contributed by atoms with van der Waals surface area (Å²) in [5, 5.41) is 4.52. The van der Waals surface area contributed by atoms with Gasteiger partial charge >= 0.3 is 0 Å². The predicted octanol–water partition coefficient (Wildman–Crippen LogP) is 4.21. The summed E-state index contributed by atoms with van der Waals surface area (Å²) >= 11 is 6.03. The van der Waals surface area contributed by atoms with Crippen LogP contribution in [0.5, 0.6) is 5.75 Å². The number of hydrogen-bond donors (Lipinski definition) is 1. The number of halogens is 1. The number of ether oxygens (including phenoxy) is 1. The third-order valence-electron chi connectivity index (χ3n) is 3.53. The van der Waals surface area contributed by atoms with Gasteiger partial charge in [-0.1, -0.05) is 48.9 Å². The molecule has 2 aromatic rings. The zero-order valence-corrected chi connectivity index (χ0v) is 14.8. The zero-order chi connectivity index (χ0) is 17.6. The van der Waals surface area contributed by atoms with Crippen molar-refractivity contribution in [2.24, 2.45) is 5.10 Å². The largest absolute Gasteiger partial charge is 0.478 e. The molecule has 1 N–H and O–H groups in total. The summed E-state index contributed by atoms with van der Waals surface area (Å²) in [6.45, 7) is 5.48. The number of hydrogen-bond acceptors (Lipinski definition) is 3. The van der Waals surface area contributed by atoms with Crippen molar-refractivity contribution in [2.75, 3.05) is 0 Å². The van der Waals surface area contributed by atoms with Crippen LogP contribution in [-0.4, -0.2) is 17.7 Å². The first-order valence-corrected chi connectivity index (χ1v) is 8.16. The number of rotatable bonds is 6. The zero-order valence-electron chi connectivity index (χ0n) is 14.0. The minimum Gasteiger partial charge on any atom is -0.478 e. The average Bonchev–Trinajstić information content (AvgIpc) is 2.57. The Hall–Kier alpha value is -2.33. The summed E-state index contributed by atoms with van der Waals surface area (Å²) in [5.41, 5.74) is 3.38. The van der Waals surface area contributed by atoms with Crippen molar-refractivity contribution in [3.8, 4) is 5.75 Å². The van der Waals surface area contributed by atoms with E-state index < -0.39 is 5.60 Å². The van der Waals surface area contributed by atoms with Crippen LogP contribution < -0.4 is 10.2 Å². The summed E-state index contributed by atoms with van der Waals surface area (Å²) in [5.74, 6) is 0.299. The van der Waals surface area contributed by atoms with Gasteiger partial charge in [-0.2, -0.15) is 5.10 Å². The van der Waals surface area contributed by atoms with Gasteiger partial charge in [0.15, 0.2) is 5.60 Å². The van der Waals surface area contributed by atoms with Gasteiger partial charge in [0.1, 0.15) is 5.75 Å². The summed E-state index contributed by atoms with van der Waals surface area (Å²) in [7, 11) is 0. The van der Waals surface area contributed by atoms with Crippen LogP contribution in [-0.2, 0) is 11.2 Å². The number of carbonyl (C=O) groups is 1. The number of nitrogens with one attached hydrogen (secondary N) is 1. The molecule has 0 bridgehead atoms. The smallest absolute Gasteiger partial charge is 0.283 e. The van der Waals surface area contributed by atoms with Gasteiger partial charge in [0.2, 0.25) is 0 Å². The average molecular weight is 345 g/mol. The Morgan fingerprint density at radius 2 is 1.88 bits per heavy atom. The maximum atomic E-state index is 12.3. The van der Waals surface area contributed by atoms with E-state index in [9.17, 15) is 4.79 Å². The lowest BCUT2D eigenvalue weighted by molar-refractivity contribution is -0.134. The second kappa shape index (κ2) is 7.97. The van der Waals surface area contributed by atoms with E-state index in [2.05, 4.69) is 17.5 Å². The molecule has 0 fully saturated rings. The molecule has 0 aromatic heterocycles. The van der Waals surface area contributed by atoms with E-state index in [-0.39, 0.29) is 5.91 Å². The van der Waals surface area contributed by atoms with Crippen molar-refractivity contribution >= 4 is 23.7 Å². The minimum atomic E-state index is -1.05. The molecular formula is C19H21ClN2O2. The van der Waals surface area contributed by atoms with Crippen molar-refractivity contribution in [2.45, 2.75) is 32.8 Å². The summed E-state index contributed by atoms with van der Waals surface area (Å²) in [6, 6.07) is 15.0. The molecule has 0 spiro atoms. The van der Waals surface area contributed by atoms with Gasteiger partial charge in [0.05, 0.1) is 6.21 Å². The van der Waals surface area contributed by atoms with Gasteiger partial charge in [-0.05, 0) is 44.0 Å². The van der Waals surface area contributed by atoms with E-state index in [1.165, 1.54) is 11.8 Å². The summed E-state index contributed by atoms with van der Waals surface area (Å²) in [4.78, 5) is 12.3. The van der Waals surface area contributed by atoms with Crippen LogP contribution in [0, 0.1) is 0 Å². The van der Waals surface area contributed by atoms with E-state index in [0.717, 1.165) is 12.0 Å². The second-order valence-electron chi connectivity index (χ2n) is 5.83. The Balaban J connectivity index is 1.97. The Morgan fingerprint density at radius 3 is 2.50 bits per heavy atom. The third kappa shape index (κ3) is 4.83. The van der Waals surface area contributed by atoms with Crippen molar-refractivity contribution in [3.63, 3.8) is 0 Å².